The zero-order chi connectivity index (χ0) is 16.7. The normalized spacial score (nSPS) is 10.3. The number of amides is 1. The van der Waals surface area contributed by atoms with Crippen molar-refractivity contribution in [3.8, 4) is 5.75 Å². The van der Waals surface area contributed by atoms with Gasteiger partial charge in [-0.2, -0.15) is 5.10 Å². The Morgan fingerprint density at radius 2 is 1.96 bits per heavy atom. The minimum Gasteiger partial charge on any atom is -0.494 e. The van der Waals surface area contributed by atoms with Crippen LogP contribution in [0.1, 0.15) is 23.3 Å². The van der Waals surface area contributed by atoms with E-state index in [1.807, 2.05) is 0 Å². The van der Waals surface area contributed by atoms with Crippen LogP contribution in [-0.4, -0.2) is 28.8 Å². The fraction of sp³-hybridized carbons (Fsp3) is 0.312. The van der Waals surface area contributed by atoms with Crippen molar-refractivity contribution in [2.45, 2.75) is 12.8 Å². The van der Waals surface area contributed by atoms with Gasteiger partial charge < -0.3 is 10.1 Å². The monoisotopic (exact) mass is 319 g/mol. The van der Waals surface area contributed by atoms with E-state index >= 15 is 0 Å². The second-order valence-corrected chi connectivity index (χ2v) is 4.95. The van der Waals surface area contributed by atoms with Crippen LogP contribution in [0.25, 0.3) is 0 Å². The fourth-order valence-electron chi connectivity index (χ4n) is 1.86. The number of carbonyl (C=O) groups excluding carboxylic acids is 1. The van der Waals surface area contributed by atoms with E-state index in [1.165, 1.54) is 31.3 Å². The van der Waals surface area contributed by atoms with Crippen molar-refractivity contribution >= 4 is 5.91 Å². The molecule has 2 aromatic rings. The summed E-state index contributed by atoms with van der Waals surface area (Å²) in [5, 5.41) is 6.60. The number of aryl methyl sites for hydroxylation is 1. The second kappa shape index (κ2) is 8.07. The van der Waals surface area contributed by atoms with Gasteiger partial charge in [0.1, 0.15) is 17.3 Å². The van der Waals surface area contributed by atoms with Crippen molar-refractivity contribution in [1.29, 1.82) is 0 Å². The van der Waals surface area contributed by atoms with Gasteiger partial charge in [-0.05, 0) is 43.2 Å². The second-order valence-electron chi connectivity index (χ2n) is 4.95. The number of unbranched alkanes of at least 4 members (excludes halogenated alkanes) is 1. The molecule has 0 saturated heterocycles. The Morgan fingerprint density at radius 1 is 1.22 bits per heavy atom. The molecule has 6 nitrogen and oxygen atoms in total. The summed E-state index contributed by atoms with van der Waals surface area (Å²) in [6, 6.07) is 8.53. The van der Waals surface area contributed by atoms with Crippen LogP contribution in [0.3, 0.4) is 0 Å². The zero-order valence-electron chi connectivity index (χ0n) is 12.8. The van der Waals surface area contributed by atoms with Gasteiger partial charge in [0.05, 0.1) is 6.61 Å². The molecule has 0 unspecified atom stereocenters. The average molecular weight is 319 g/mol. The number of benzene rings is 1. The van der Waals surface area contributed by atoms with Gasteiger partial charge in [-0.15, -0.1) is 0 Å². The summed E-state index contributed by atoms with van der Waals surface area (Å²) in [6.07, 6.45) is 1.48. The number of nitrogens with zero attached hydrogens (tertiary/aromatic N) is 2. The van der Waals surface area contributed by atoms with Gasteiger partial charge in [-0.1, -0.05) is 0 Å². The highest BCUT2D eigenvalue weighted by molar-refractivity contribution is 5.91. The van der Waals surface area contributed by atoms with E-state index in [2.05, 4.69) is 10.4 Å². The minimum atomic E-state index is -0.319. The standard InChI is InChI=1S/C16H18FN3O3/c1-20-15(21)9-8-14(19-20)16(22)18-10-2-3-11-23-13-6-4-12(17)5-7-13/h4-9H,2-3,10-11H2,1H3,(H,18,22). The first-order chi connectivity index (χ1) is 11.1. The number of hydrogen-bond donors (Lipinski definition) is 1. The van der Waals surface area contributed by atoms with Crippen molar-refractivity contribution in [2.24, 2.45) is 7.05 Å². The maximum Gasteiger partial charge on any atom is 0.271 e. The number of halogens is 1. The molecule has 0 atom stereocenters. The van der Waals surface area contributed by atoms with Crippen LogP contribution in [0, 0.1) is 5.82 Å². The number of rotatable bonds is 7. The number of nitrogens with one attached hydrogen (secondary N) is 1. The quantitative estimate of drug-likeness (QED) is 0.785. The Labute approximate surface area is 132 Å². The summed E-state index contributed by atoms with van der Waals surface area (Å²) in [5.41, 5.74) is -0.0610. The molecule has 0 fully saturated rings. The van der Waals surface area contributed by atoms with Crippen molar-refractivity contribution in [3.05, 3.63) is 58.3 Å². The summed E-state index contributed by atoms with van der Waals surface area (Å²) in [6.45, 7) is 0.968. The predicted octanol–water partition coefficient (Wildman–Crippen LogP) is 1.51. The van der Waals surface area contributed by atoms with Gasteiger partial charge in [0.2, 0.25) is 0 Å². The topological polar surface area (TPSA) is 73.2 Å². The highest BCUT2D eigenvalue weighted by Gasteiger charge is 2.07. The van der Waals surface area contributed by atoms with Gasteiger partial charge in [-0.25, -0.2) is 9.07 Å². The molecule has 0 saturated carbocycles. The third-order valence-electron chi connectivity index (χ3n) is 3.13. The van der Waals surface area contributed by atoms with Crippen molar-refractivity contribution in [3.63, 3.8) is 0 Å². The van der Waals surface area contributed by atoms with Gasteiger partial charge in [0.25, 0.3) is 11.5 Å². The Kier molecular flexibility index (Phi) is 5.85. The number of ether oxygens (including phenoxy) is 1. The van der Waals surface area contributed by atoms with Crippen LogP contribution in [-0.2, 0) is 7.05 Å². The molecule has 0 aliphatic heterocycles. The number of hydrogen-bond acceptors (Lipinski definition) is 4. The van der Waals surface area contributed by atoms with Gasteiger partial charge >= 0.3 is 0 Å². The van der Waals surface area contributed by atoms with E-state index < -0.39 is 0 Å². The van der Waals surface area contributed by atoms with Crippen molar-refractivity contribution in [2.75, 3.05) is 13.2 Å². The molecular formula is C16H18FN3O3. The smallest absolute Gasteiger partial charge is 0.271 e. The SMILES string of the molecule is Cn1nc(C(=O)NCCCCOc2ccc(F)cc2)ccc1=O. The summed E-state index contributed by atoms with van der Waals surface area (Å²) < 4.78 is 19.3. The fourth-order valence-corrected chi connectivity index (χ4v) is 1.86. The molecule has 1 heterocycles. The Balaban J connectivity index is 1.65. The molecule has 0 radical (unpaired) electrons. The lowest BCUT2D eigenvalue weighted by Gasteiger charge is -2.07. The summed E-state index contributed by atoms with van der Waals surface area (Å²) >= 11 is 0. The number of carbonyl (C=O) groups is 1. The first kappa shape index (κ1) is 16.7. The first-order valence-corrected chi connectivity index (χ1v) is 7.27. The summed E-state index contributed by atoms with van der Waals surface area (Å²) in [4.78, 5) is 23.0. The summed E-state index contributed by atoms with van der Waals surface area (Å²) in [5.74, 6) is -0.00280. The maximum absolute atomic E-state index is 12.7. The molecular weight excluding hydrogens is 301 g/mol. The molecule has 0 aliphatic rings. The van der Waals surface area contributed by atoms with Crippen LogP contribution in [0.4, 0.5) is 4.39 Å². The maximum atomic E-state index is 12.7. The lowest BCUT2D eigenvalue weighted by atomic mass is 10.3. The van der Waals surface area contributed by atoms with Crippen LogP contribution in [0.2, 0.25) is 0 Å². The molecule has 7 heteroatoms. The van der Waals surface area contributed by atoms with Crippen molar-refractivity contribution in [1.82, 2.24) is 15.1 Å². The van der Waals surface area contributed by atoms with Crippen LogP contribution >= 0.6 is 0 Å². The molecule has 1 amide bonds. The van der Waals surface area contributed by atoms with Crippen LogP contribution < -0.4 is 15.6 Å². The highest BCUT2D eigenvalue weighted by atomic mass is 19.1. The predicted molar refractivity (Wildman–Crippen MR) is 82.9 cm³/mol. The summed E-state index contributed by atoms with van der Waals surface area (Å²) in [7, 11) is 1.49. The van der Waals surface area contributed by atoms with Gasteiger partial charge in [0, 0.05) is 19.7 Å². The highest BCUT2D eigenvalue weighted by Crippen LogP contribution is 2.11. The van der Waals surface area contributed by atoms with E-state index in [1.54, 1.807) is 12.1 Å². The van der Waals surface area contributed by atoms with Gasteiger partial charge in [0.15, 0.2) is 0 Å². The Morgan fingerprint density at radius 3 is 2.65 bits per heavy atom. The molecule has 1 aromatic heterocycles. The van der Waals surface area contributed by atoms with E-state index in [0.717, 1.165) is 17.5 Å². The van der Waals surface area contributed by atoms with E-state index in [9.17, 15) is 14.0 Å². The van der Waals surface area contributed by atoms with Crippen LogP contribution in [0.5, 0.6) is 5.75 Å². The molecule has 1 N–H and O–H groups in total. The molecule has 1 aromatic carbocycles. The molecule has 0 spiro atoms. The lowest BCUT2D eigenvalue weighted by molar-refractivity contribution is 0.0945. The largest absolute Gasteiger partial charge is 0.494 e. The Hall–Kier alpha value is -2.70. The van der Waals surface area contributed by atoms with Gasteiger partial charge in [-0.3, -0.25) is 9.59 Å². The van der Waals surface area contributed by atoms with Crippen molar-refractivity contribution < 1.29 is 13.9 Å². The lowest BCUT2D eigenvalue weighted by Crippen LogP contribution is -2.29. The molecule has 122 valence electrons. The van der Waals surface area contributed by atoms with E-state index in [0.29, 0.717) is 18.9 Å². The molecule has 23 heavy (non-hydrogen) atoms. The zero-order valence-corrected chi connectivity index (χ0v) is 12.8. The van der Waals surface area contributed by atoms with E-state index in [4.69, 9.17) is 4.74 Å². The average Bonchev–Trinajstić information content (AvgIpc) is 2.54. The third kappa shape index (κ3) is 5.21. The first-order valence-electron chi connectivity index (χ1n) is 7.27. The van der Waals surface area contributed by atoms with E-state index in [-0.39, 0.29) is 23.0 Å². The number of aromatic nitrogens is 2. The molecule has 2 rings (SSSR count). The van der Waals surface area contributed by atoms with Crippen LogP contribution in [0.15, 0.2) is 41.2 Å². The minimum absolute atomic E-state index is 0.203. The Bertz CT molecular complexity index is 713. The molecule has 0 bridgehead atoms. The third-order valence-corrected chi connectivity index (χ3v) is 3.13. The molecule has 0 aliphatic carbocycles.